The highest BCUT2D eigenvalue weighted by Gasteiger charge is 2.62. The van der Waals surface area contributed by atoms with E-state index in [2.05, 4.69) is 41.5 Å². The summed E-state index contributed by atoms with van der Waals surface area (Å²) in [6.07, 6.45) is 8.65. The zero-order chi connectivity index (χ0) is 22.7. The molecule has 0 bridgehead atoms. The van der Waals surface area contributed by atoms with Crippen molar-refractivity contribution in [2.24, 2.45) is 58.2 Å². The third kappa shape index (κ3) is 3.84. The van der Waals surface area contributed by atoms with Gasteiger partial charge < -0.3 is 10.2 Å². The molecule has 0 aromatic heterocycles. The molecule has 4 rings (SSSR count). The van der Waals surface area contributed by atoms with Crippen molar-refractivity contribution in [3.63, 3.8) is 0 Å². The summed E-state index contributed by atoms with van der Waals surface area (Å²) in [4.78, 5) is 13.3. The minimum Gasteiger partial charge on any atom is -0.393 e. The van der Waals surface area contributed by atoms with Crippen LogP contribution in [0.1, 0.15) is 99.3 Å². The maximum absolute atomic E-state index is 13.3. The quantitative estimate of drug-likeness (QED) is 0.572. The van der Waals surface area contributed by atoms with E-state index in [0.29, 0.717) is 53.6 Å². The van der Waals surface area contributed by atoms with Crippen molar-refractivity contribution >= 4 is 5.78 Å². The van der Waals surface area contributed by atoms with E-state index in [-0.39, 0.29) is 29.0 Å². The first-order valence-electron chi connectivity index (χ1n) is 13.4. The predicted molar refractivity (Wildman–Crippen MR) is 125 cm³/mol. The SMILES string of the molecule is CC(C)[C@H](C)C[C@H](O)[C@@H](C)[C@H]1CCC2[C@@H]3CC(=O)[C@H]4C[C@@H](O)CC[C@]4(C)[C@H]3CC[C@@]21C. The highest BCUT2D eigenvalue weighted by molar-refractivity contribution is 5.83. The van der Waals surface area contributed by atoms with Gasteiger partial charge in [-0.2, -0.15) is 0 Å². The van der Waals surface area contributed by atoms with Crippen LogP contribution in [0, 0.1) is 58.2 Å². The van der Waals surface area contributed by atoms with Crippen molar-refractivity contribution in [1.29, 1.82) is 0 Å². The largest absolute Gasteiger partial charge is 0.393 e. The van der Waals surface area contributed by atoms with Crippen LogP contribution in [0.2, 0.25) is 0 Å². The lowest BCUT2D eigenvalue weighted by Gasteiger charge is -2.60. The molecule has 1 unspecified atom stereocenters. The second-order valence-corrected chi connectivity index (χ2v) is 13.1. The van der Waals surface area contributed by atoms with E-state index in [4.69, 9.17) is 0 Å². The molecule has 2 N–H and O–H groups in total. The maximum Gasteiger partial charge on any atom is 0.136 e. The maximum atomic E-state index is 13.3. The minimum atomic E-state index is -0.279. The Morgan fingerprint density at radius 3 is 2.29 bits per heavy atom. The van der Waals surface area contributed by atoms with Crippen LogP contribution in [-0.2, 0) is 4.79 Å². The number of aliphatic hydroxyl groups is 2. The van der Waals surface area contributed by atoms with Crippen LogP contribution in [0.4, 0.5) is 0 Å². The van der Waals surface area contributed by atoms with Gasteiger partial charge in [-0.25, -0.2) is 0 Å². The number of carbonyl (C=O) groups is 1. The van der Waals surface area contributed by atoms with E-state index in [1.54, 1.807) is 0 Å². The smallest absolute Gasteiger partial charge is 0.136 e. The van der Waals surface area contributed by atoms with Gasteiger partial charge in [-0.3, -0.25) is 4.79 Å². The summed E-state index contributed by atoms with van der Waals surface area (Å²) in [6.45, 7) is 14.0. The van der Waals surface area contributed by atoms with Gasteiger partial charge >= 0.3 is 0 Å². The van der Waals surface area contributed by atoms with Gasteiger partial charge in [-0.1, -0.05) is 41.5 Å². The van der Waals surface area contributed by atoms with Gasteiger partial charge in [0.05, 0.1) is 12.2 Å². The van der Waals surface area contributed by atoms with Gasteiger partial charge in [0.2, 0.25) is 0 Å². The molecule has 4 fully saturated rings. The van der Waals surface area contributed by atoms with E-state index in [9.17, 15) is 15.0 Å². The number of aliphatic hydroxyl groups excluding tert-OH is 2. The Morgan fingerprint density at radius 2 is 1.61 bits per heavy atom. The Labute approximate surface area is 190 Å². The van der Waals surface area contributed by atoms with Gasteiger partial charge in [0.15, 0.2) is 0 Å². The molecule has 3 nitrogen and oxygen atoms in total. The highest BCUT2D eigenvalue weighted by Crippen LogP contribution is 2.67. The van der Waals surface area contributed by atoms with Gasteiger partial charge in [0.25, 0.3) is 0 Å². The lowest BCUT2D eigenvalue weighted by molar-refractivity contribution is -0.160. The molecule has 0 heterocycles. The summed E-state index contributed by atoms with van der Waals surface area (Å²) < 4.78 is 0. The number of rotatable bonds is 5. The van der Waals surface area contributed by atoms with E-state index >= 15 is 0 Å². The predicted octanol–water partition coefficient (Wildman–Crippen LogP) is 5.86. The number of hydrogen-bond donors (Lipinski definition) is 2. The first-order chi connectivity index (χ1) is 14.5. The van der Waals surface area contributed by atoms with Crippen molar-refractivity contribution in [2.45, 2.75) is 112 Å². The Morgan fingerprint density at radius 1 is 0.968 bits per heavy atom. The normalized spacial score (nSPS) is 48.0. The Kier molecular flexibility index (Phi) is 6.45. The van der Waals surface area contributed by atoms with Crippen LogP contribution in [0.15, 0.2) is 0 Å². The summed E-state index contributed by atoms with van der Waals surface area (Å²) >= 11 is 0. The van der Waals surface area contributed by atoms with E-state index in [1.165, 1.54) is 25.7 Å². The third-order valence-corrected chi connectivity index (χ3v) is 11.5. The van der Waals surface area contributed by atoms with Crippen molar-refractivity contribution in [1.82, 2.24) is 0 Å². The molecule has 0 spiro atoms. The number of carbonyl (C=O) groups excluding carboxylic acids is 1. The number of ketones is 1. The molecule has 0 aromatic carbocycles. The monoisotopic (exact) mass is 432 g/mol. The van der Waals surface area contributed by atoms with Crippen molar-refractivity contribution in [3.8, 4) is 0 Å². The fourth-order valence-corrected chi connectivity index (χ4v) is 9.06. The van der Waals surface area contributed by atoms with Crippen LogP contribution >= 0.6 is 0 Å². The molecule has 3 heteroatoms. The second-order valence-electron chi connectivity index (χ2n) is 13.1. The Bertz CT molecular complexity index is 673. The van der Waals surface area contributed by atoms with E-state index in [0.717, 1.165) is 25.7 Å². The second kappa shape index (κ2) is 8.42. The van der Waals surface area contributed by atoms with Crippen LogP contribution in [0.5, 0.6) is 0 Å². The summed E-state index contributed by atoms with van der Waals surface area (Å²) in [7, 11) is 0. The first-order valence-corrected chi connectivity index (χ1v) is 13.4. The van der Waals surface area contributed by atoms with Gasteiger partial charge in [-0.15, -0.1) is 0 Å². The third-order valence-electron chi connectivity index (χ3n) is 11.5. The highest BCUT2D eigenvalue weighted by atomic mass is 16.3. The van der Waals surface area contributed by atoms with Crippen molar-refractivity contribution < 1.29 is 15.0 Å². The standard InChI is InChI=1S/C28H48O3/c1-16(2)17(3)13-25(30)18(4)21-7-8-22-20-15-26(31)24-14-19(29)9-11-28(24,6)23(20)10-12-27(21,22)5/h16-25,29-30H,7-15H2,1-6H3/t17-,18+,19+,20+,21-,22?,23+,24-,25+,27-,28-/m1/s1. The van der Waals surface area contributed by atoms with Crippen LogP contribution in [0.3, 0.4) is 0 Å². The van der Waals surface area contributed by atoms with E-state index in [1.807, 2.05) is 0 Å². The molecule has 4 saturated carbocycles. The van der Waals surface area contributed by atoms with Gasteiger partial charge in [-0.05, 0) is 104 Å². The lowest BCUT2D eigenvalue weighted by Crippen LogP contribution is -2.57. The fourth-order valence-electron chi connectivity index (χ4n) is 9.06. The zero-order valence-corrected chi connectivity index (χ0v) is 20.9. The van der Waals surface area contributed by atoms with Gasteiger partial charge in [0, 0.05) is 12.3 Å². The van der Waals surface area contributed by atoms with E-state index < -0.39 is 0 Å². The van der Waals surface area contributed by atoms with Gasteiger partial charge in [0.1, 0.15) is 5.78 Å². The molecule has 0 aromatic rings. The molecule has 4 aliphatic carbocycles. The number of hydrogen-bond acceptors (Lipinski definition) is 3. The Balaban J connectivity index is 1.53. The molecule has 178 valence electrons. The summed E-state index contributed by atoms with van der Waals surface area (Å²) in [5.74, 6) is 4.37. The molecule has 0 saturated heterocycles. The molecule has 4 aliphatic rings. The average Bonchev–Trinajstić information content (AvgIpc) is 3.06. The molecular weight excluding hydrogens is 384 g/mol. The zero-order valence-electron chi connectivity index (χ0n) is 20.9. The molecule has 0 amide bonds. The summed E-state index contributed by atoms with van der Waals surface area (Å²) in [6, 6.07) is 0. The molecular formula is C28H48O3. The average molecular weight is 433 g/mol. The number of Topliss-reactive ketones (excluding diaryl/α,β-unsaturated/α-hetero) is 1. The van der Waals surface area contributed by atoms with Crippen LogP contribution in [0.25, 0.3) is 0 Å². The topological polar surface area (TPSA) is 57.5 Å². The first kappa shape index (κ1) is 23.7. The molecule has 0 radical (unpaired) electrons. The van der Waals surface area contributed by atoms with Crippen molar-refractivity contribution in [2.75, 3.05) is 0 Å². The Hall–Kier alpha value is -0.410. The lowest BCUT2D eigenvalue weighted by atomic mass is 9.44. The molecule has 11 atom stereocenters. The molecule has 31 heavy (non-hydrogen) atoms. The summed E-state index contributed by atoms with van der Waals surface area (Å²) in [5.41, 5.74) is 0.358. The fraction of sp³-hybridized carbons (Fsp3) is 0.964. The van der Waals surface area contributed by atoms with Crippen molar-refractivity contribution in [3.05, 3.63) is 0 Å². The molecule has 0 aliphatic heterocycles. The number of fused-ring (bicyclic) bond motifs is 5. The summed E-state index contributed by atoms with van der Waals surface area (Å²) in [5, 5.41) is 21.4. The van der Waals surface area contributed by atoms with Crippen LogP contribution < -0.4 is 0 Å². The minimum absolute atomic E-state index is 0.0809. The van der Waals surface area contributed by atoms with Crippen LogP contribution in [-0.4, -0.2) is 28.2 Å².